The summed E-state index contributed by atoms with van der Waals surface area (Å²) in [6.45, 7) is 12.1. The van der Waals surface area contributed by atoms with Gasteiger partial charge < -0.3 is 15.4 Å². The smallest absolute Gasteiger partial charge is 0.191 e. The number of aliphatic imine (C=N–C) groups is 1. The quantitative estimate of drug-likeness (QED) is 0.386. The minimum absolute atomic E-state index is 0.368. The number of nitrogens with one attached hydrogen (secondary N) is 2. The molecule has 0 radical (unpaired) electrons. The summed E-state index contributed by atoms with van der Waals surface area (Å²) < 4.78 is 5.42. The van der Waals surface area contributed by atoms with Gasteiger partial charge in [0.25, 0.3) is 0 Å². The number of benzene rings is 1. The van der Waals surface area contributed by atoms with Gasteiger partial charge in [0.15, 0.2) is 5.96 Å². The van der Waals surface area contributed by atoms with Crippen LogP contribution in [0.5, 0.6) is 0 Å². The largest absolute Gasteiger partial charge is 0.379 e. The van der Waals surface area contributed by atoms with Crippen LogP contribution in [0, 0.1) is 0 Å². The van der Waals surface area contributed by atoms with Gasteiger partial charge in [-0.15, -0.1) is 0 Å². The van der Waals surface area contributed by atoms with Crippen LogP contribution in [0.2, 0.25) is 0 Å². The Morgan fingerprint density at radius 1 is 1.07 bits per heavy atom. The van der Waals surface area contributed by atoms with Crippen LogP contribution in [0.4, 0.5) is 0 Å². The van der Waals surface area contributed by atoms with Crippen molar-refractivity contribution in [1.82, 2.24) is 20.4 Å². The van der Waals surface area contributed by atoms with Crippen molar-refractivity contribution >= 4 is 5.96 Å². The van der Waals surface area contributed by atoms with Crippen LogP contribution >= 0.6 is 0 Å². The van der Waals surface area contributed by atoms with Crippen molar-refractivity contribution in [1.29, 1.82) is 0 Å². The zero-order chi connectivity index (χ0) is 19.4. The molecule has 6 nitrogen and oxygen atoms in total. The molecule has 156 valence electrons. The molecule has 0 saturated carbocycles. The molecule has 0 aromatic heterocycles. The number of nitrogens with zero attached hydrogens (tertiary/aromatic N) is 3. The van der Waals surface area contributed by atoms with E-state index in [-0.39, 0.29) is 0 Å². The summed E-state index contributed by atoms with van der Waals surface area (Å²) in [7, 11) is 0. The molecule has 0 amide bonds. The second-order valence-electron chi connectivity index (χ2n) is 7.62. The fraction of sp³-hybridized carbons (Fsp3) is 0.682. The standard InChI is InChI=1S/C22H37N5O/c1-2-23-22(24-11-8-12-26-15-17-28-18-16-26)25-19-21(27-13-6-7-14-27)20-9-4-3-5-10-20/h3-5,9-10,21H,2,6-8,11-19H2,1H3,(H2,23,24,25). The van der Waals surface area contributed by atoms with Gasteiger partial charge in [0.1, 0.15) is 0 Å². The van der Waals surface area contributed by atoms with Crippen molar-refractivity contribution in [3.8, 4) is 0 Å². The van der Waals surface area contributed by atoms with E-state index in [1.54, 1.807) is 0 Å². The maximum atomic E-state index is 5.42. The predicted molar refractivity (Wildman–Crippen MR) is 116 cm³/mol. The van der Waals surface area contributed by atoms with Gasteiger partial charge in [-0.25, -0.2) is 0 Å². The van der Waals surface area contributed by atoms with E-state index >= 15 is 0 Å². The fourth-order valence-corrected chi connectivity index (χ4v) is 4.01. The molecule has 2 N–H and O–H groups in total. The van der Waals surface area contributed by atoms with Gasteiger partial charge in [-0.05, 0) is 51.4 Å². The molecule has 0 spiro atoms. The lowest BCUT2D eigenvalue weighted by Gasteiger charge is -2.27. The summed E-state index contributed by atoms with van der Waals surface area (Å²) in [5.74, 6) is 0.935. The first-order valence-corrected chi connectivity index (χ1v) is 11.0. The SMILES string of the molecule is CCNC(=NCC(c1ccccc1)N1CCCC1)NCCCN1CCOCC1. The molecule has 2 fully saturated rings. The Labute approximate surface area is 170 Å². The third kappa shape index (κ3) is 6.76. The van der Waals surface area contributed by atoms with E-state index < -0.39 is 0 Å². The Morgan fingerprint density at radius 3 is 2.54 bits per heavy atom. The van der Waals surface area contributed by atoms with Crippen LogP contribution in [-0.4, -0.2) is 81.3 Å². The van der Waals surface area contributed by atoms with Gasteiger partial charge in [-0.3, -0.25) is 14.8 Å². The Balaban J connectivity index is 1.51. The lowest BCUT2D eigenvalue weighted by molar-refractivity contribution is 0.0376. The highest BCUT2D eigenvalue weighted by molar-refractivity contribution is 5.79. The lowest BCUT2D eigenvalue weighted by atomic mass is 10.1. The number of guanidine groups is 1. The van der Waals surface area contributed by atoms with Crippen LogP contribution in [0.1, 0.15) is 37.8 Å². The average molecular weight is 388 g/mol. The molecular formula is C22H37N5O. The number of morpholine rings is 1. The minimum atomic E-state index is 0.368. The van der Waals surface area contributed by atoms with Crippen molar-refractivity contribution in [2.24, 2.45) is 4.99 Å². The number of rotatable bonds is 9. The molecule has 0 aliphatic carbocycles. The highest BCUT2D eigenvalue weighted by Crippen LogP contribution is 2.25. The predicted octanol–water partition coefficient (Wildman–Crippen LogP) is 2.10. The second kappa shape index (κ2) is 12.0. The van der Waals surface area contributed by atoms with Crippen LogP contribution in [0.3, 0.4) is 0 Å². The summed E-state index contributed by atoms with van der Waals surface area (Å²) in [6, 6.07) is 11.2. The zero-order valence-corrected chi connectivity index (χ0v) is 17.4. The molecule has 2 heterocycles. The Bertz CT molecular complexity index is 568. The molecule has 6 heteroatoms. The van der Waals surface area contributed by atoms with Crippen molar-refractivity contribution in [3.05, 3.63) is 35.9 Å². The maximum absolute atomic E-state index is 5.42. The van der Waals surface area contributed by atoms with E-state index in [4.69, 9.17) is 9.73 Å². The summed E-state index contributed by atoms with van der Waals surface area (Å²) in [5.41, 5.74) is 1.37. The van der Waals surface area contributed by atoms with Gasteiger partial charge in [-0.1, -0.05) is 30.3 Å². The van der Waals surface area contributed by atoms with Gasteiger partial charge in [0.2, 0.25) is 0 Å². The normalized spacial score (nSPS) is 20.2. The topological polar surface area (TPSA) is 52.1 Å². The van der Waals surface area contributed by atoms with E-state index in [1.165, 1.54) is 31.5 Å². The Hall–Kier alpha value is -1.63. The molecule has 1 unspecified atom stereocenters. The van der Waals surface area contributed by atoms with Gasteiger partial charge in [-0.2, -0.15) is 0 Å². The highest BCUT2D eigenvalue weighted by Gasteiger charge is 2.23. The van der Waals surface area contributed by atoms with Crippen molar-refractivity contribution in [3.63, 3.8) is 0 Å². The van der Waals surface area contributed by atoms with Gasteiger partial charge >= 0.3 is 0 Å². The molecule has 1 aromatic carbocycles. The Kier molecular flexibility index (Phi) is 9.07. The third-order valence-corrected chi connectivity index (χ3v) is 5.58. The minimum Gasteiger partial charge on any atom is -0.379 e. The molecule has 1 atom stereocenters. The second-order valence-corrected chi connectivity index (χ2v) is 7.62. The third-order valence-electron chi connectivity index (χ3n) is 5.58. The number of hydrogen-bond donors (Lipinski definition) is 2. The Morgan fingerprint density at radius 2 is 1.82 bits per heavy atom. The van der Waals surface area contributed by atoms with E-state index in [0.717, 1.165) is 64.9 Å². The summed E-state index contributed by atoms with van der Waals surface area (Å²) >= 11 is 0. The summed E-state index contributed by atoms with van der Waals surface area (Å²) in [6.07, 6.45) is 3.72. The molecule has 2 aliphatic rings. The average Bonchev–Trinajstić information content (AvgIpc) is 3.27. The van der Waals surface area contributed by atoms with Crippen LogP contribution in [0.15, 0.2) is 35.3 Å². The molecular weight excluding hydrogens is 350 g/mol. The molecule has 2 saturated heterocycles. The van der Waals surface area contributed by atoms with Crippen LogP contribution < -0.4 is 10.6 Å². The molecule has 1 aromatic rings. The maximum Gasteiger partial charge on any atom is 0.191 e. The van der Waals surface area contributed by atoms with Gasteiger partial charge in [0, 0.05) is 26.2 Å². The van der Waals surface area contributed by atoms with Crippen LogP contribution in [0.25, 0.3) is 0 Å². The first-order valence-electron chi connectivity index (χ1n) is 11.0. The lowest BCUT2D eigenvalue weighted by Crippen LogP contribution is -2.41. The van der Waals surface area contributed by atoms with Crippen molar-refractivity contribution < 1.29 is 4.74 Å². The van der Waals surface area contributed by atoms with E-state index in [2.05, 4.69) is 57.7 Å². The van der Waals surface area contributed by atoms with E-state index in [1.807, 2.05) is 0 Å². The zero-order valence-electron chi connectivity index (χ0n) is 17.4. The first kappa shape index (κ1) is 21.1. The molecule has 28 heavy (non-hydrogen) atoms. The molecule has 2 aliphatic heterocycles. The van der Waals surface area contributed by atoms with Crippen molar-refractivity contribution in [2.45, 2.75) is 32.2 Å². The number of ether oxygens (including phenoxy) is 1. The first-order chi connectivity index (χ1) is 13.9. The van der Waals surface area contributed by atoms with Crippen molar-refractivity contribution in [2.75, 3.05) is 65.6 Å². The fourth-order valence-electron chi connectivity index (χ4n) is 4.01. The number of likely N-dealkylation sites (tertiary alicyclic amines) is 1. The van der Waals surface area contributed by atoms with E-state index in [0.29, 0.717) is 6.04 Å². The summed E-state index contributed by atoms with van der Waals surface area (Å²) in [5, 5.41) is 6.93. The highest BCUT2D eigenvalue weighted by atomic mass is 16.5. The van der Waals surface area contributed by atoms with Crippen LogP contribution in [-0.2, 0) is 4.74 Å². The molecule has 0 bridgehead atoms. The van der Waals surface area contributed by atoms with Gasteiger partial charge in [0.05, 0.1) is 25.8 Å². The monoisotopic (exact) mass is 387 g/mol. The summed E-state index contributed by atoms with van der Waals surface area (Å²) in [4.78, 5) is 10.0. The number of hydrogen-bond acceptors (Lipinski definition) is 4. The molecule has 3 rings (SSSR count). The van der Waals surface area contributed by atoms with E-state index in [9.17, 15) is 0 Å².